The molecule has 0 saturated carbocycles. The van der Waals surface area contributed by atoms with Crippen molar-refractivity contribution in [2.24, 2.45) is 11.8 Å². The Bertz CT molecular complexity index is 1430. The minimum Gasteiger partial charge on any atom is -0.399 e. The molecule has 0 spiro atoms. The quantitative estimate of drug-likeness (QED) is 0.259. The highest BCUT2D eigenvalue weighted by Crippen LogP contribution is 2.45. The number of amides is 2. The van der Waals surface area contributed by atoms with E-state index in [0.29, 0.717) is 11.0 Å². The van der Waals surface area contributed by atoms with Gasteiger partial charge >= 0.3 is 12.4 Å². The molecule has 4 rings (SSSR count). The Morgan fingerprint density at radius 1 is 0.927 bits per heavy atom. The van der Waals surface area contributed by atoms with E-state index in [1.54, 1.807) is 0 Å². The fourth-order valence-electron chi connectivity index (χ4n) is 4.97. The number of hydrogen-bond acceptors (Lipinski definition) is 3. The Morgan fingerprint density at radius 3 is 2.10 bits per heavy atom. The lowest BCUT2D eigenvalue weighted by Gasteiger charge is -2.44. The largest absolute Gasteiger partial charge is 0.416 e. The summed E-state index contributed by atoms with van der Waals surface area (Å²) in [5, 5.41) is 2.24. The summed E-state index contributed by atoms with van der Waals surface area (Å²) in [6.07, 6.45) is -10.5. The van der Waals surface area contributed by atoms with Crippen molar-refractivity contribution < 1.29 is 44.7 Å². The Morgan fingerprint density at radius 2 is 1.54 bits per heavy atom. The van der Waals surface area contributed by atoms with Crippen molar-refractivity contribution in [2.45, 2.75) is 31.7 Å². The molecule has 5 nitrogen and oxygen atoms in total. The summed E-state index contributed by atoms with van der Waals surface area (Å²) in [4.78, 5) is 27.6. The maximum atomic E-state index is 14.6. The number of carbonyl (C=O) groups is 2. The topological polar surface area (TPSA) is 75.4 Å². The lowest BCUT2D eigenvalue weighted by molar-refractivity contribution is -0.193. The number of aryl methyl sites for hydroxylation is 1. The van der Waals surface area contributed by atoms with Crippen LogP contribution in [0.2, 0.25) is 0 Å². The lowest BCUT2D eigenvalue weighted by Crippen LogP contribution is -2.52. The van der Waals surface area contributed by atoms with Crippen LogP contribution in [0.25, 0.3) is 0 Å². The number of likely N-dealkylation sites (tertiary alicyclic amines) is 1. The summed E-state index contributed by atoms with van der Waals surface area (Å²) in [6.45, 7) is 0.170. The second-order valence-corrected chi connectivity index (χ2v) is 9.76. The van der Waals surface area contributed by atoms with Crippen LogP contribution in [-0.4, -0.2) is 29.4 Å². The maximum Gasteiger partial charge on any atom is 0.416 e. The van der Waals surface area contributed by atoms with Gasteiger partial charge in [-0.1, -0.05) is 24.3 Å². The summed E-state index contributed by atoms with van der Waals surface area (Å²) >= 11 is 0. The van der Waals surface area contributed by atoms with E-state index in [1.165, 1.54) is 31.2 Å². The average Bonchev–Trinajstić information content (AvgIpc) is 2.88. The first-order valence-corrected chi connectivity index (χ1v) is 12.2. The Hall–Kier alpha value is -4.16. The summed E-state index contributed by atoms with van der Waals surface area (Å²) < 4.78 is 112. The first-order valence-electron chi connectivity index (χ1n) is 12.2. The lowest BCUT2D eigenvalue weighted by atomic mass is 9.78. The van der Waals surface area contributed by atoms with Crippen LogP contribution < -0.4 is 11.1 Å². The van der Waals surface area contributed by atoms with Gasteiger partial charge in [-0.2, -0.15) is 26.3 Å². The third-order valence-electron chi connectivity index (χ3n) is 7.00. The van der Waals surface area contributed by atoms with Gasteiger partial charge in [0.1, 0.15) is 17.2 Å². The fraction of sp³-hybridized carbons (Fsp3) is 0.286. The van der Waals surface area contributed by atoms with Crippen molar-refractivity contribution in [3.63, 3.8) is 0 Å². The summed E-state index contributed by atoms with van der Waals surface area (Å²) in [5.74, 6) is -9.16. The Balaban J connectivity index is 1.82. The molecule has 2 amide bonds. The number of piperidine rings is 1. The van der Waals surface area contributed by atoms with Crippen molar-refractivity contribution in [1.82, 2.24) is 4.90 Å². The van der Waals surface area contributed by atoms with Crippen molar-refractivity contribution in [2.75, 3.05) is 17.6 Å². The van der Waals surface area contributed by atoms with E-state index in [-0.39, 0.29) is 22.5 Å². The van der Waals surface area contributed by atoms with Gasteiger partial charge in [-0.25, -0.2) is 8.78 Å². The second kappa shape index (κ2) is 11.0. The van der Waals surface area contributed by atoms with Gasteiger partial charge in [0.2, 0.25) is 5.91 Å². The molecule has 1 aliphatic rings. The predicted octanol–water partition coefficient (Wildman–Crippen LogP) is 6.89. The summed E-state index contributed by atoms with van der Waals surface area (Å²) in [7, 11) is 0. The van der Waals surface area contributed by atoms with Crippen molar-refractivity contribution in [3.8, 4) is 0 Å². The van der Waals surface area contributed by atoms with Crippen LogP contribution >= 0.6 is 0 Å². The standard InChI is InChI=1S/C28H23F8N3O2/c1-14-5-10-18(12-20(14)28(34,35)36)38-25(40)19-11-16(27(31,32)33)13-39(24(19)15-6-8-17(37)9-7-15)26(41)23-21(29)3-2-4-22(23)30/h2-10,12,16,19,24H,11,13,37H2,1H3,(H,38,40)/t16-,19+,24+/m1/s1. The van der Waals surface area contributed by atoms with E-state index < -0.39 is 77.8 Å². The predicted molar refractivity (Wildman–Crippen MR) is 133 cm³/mol. The van der Waals surface area contributed by atoms with Crippen LogP contribution in [-0.2, 0) is 11.0 Å². The van der Waals surface area contributed by atoms with Crippen molar-refractivity contribution >= 4 is 23.2 Å². The molecule has 0 bridgehead atoms. The van der Waals surface area contributed by atoms with Crippen LogP contribution in [0.15, 0.2) is 60.7 Å². The average molecular weight is 585 g/mol. The number of halogens is 8. The van der Waals surface area contributed by atoms with Gasteiger partial charge in [-0.3, -0.25) is 9.59 Å². The molecule has 0 radical (unpaired) electrons. The Labute approximate surface area is 228 Å². The number of nitrogens with one attached hydrogen (secondary N) is 1. The number of anilines is 2. The summed E-state index contributed by atoms with van der Waals surface area (Å²) in [5.41, 5.74) is 3.44. The van der Waals surface area contributed by atoms with Gasteiger partial charge < -0.3 is 16.0 Å². The van der Waals surface area contributed by atoms with E-state index >= 15 is 0 Å². The van der Waals surface area contributed by atoms with Crippen LogP contribution in [0.4, 0.5) is 46.5 Å². The van der Waals surface area contributed by atoms with E-state index in [9.17, 15) is 44.7 Å². The zero-order valence-corrected chi connectivity index (χ0v) is 21.3. The molecule has 1 heterocycles. The fourth-order valence-corrected chi connectivity index (χ4v) is 4.97. The van der Waals surface area contributed by atoms with E-state index in [0.717, 1.165) is 30.3 Å². The number of hydrogen-bond donors (Lipinski definition) is 2. The smallest absolute Gasteiger partial charge is 0.399 e. The summed E-state index contributed by atoms with van der Waals surface area (Å²) in [6, 6.07) is 9.33. The highest BCUT2D eigenvalue weighted by Gasteiger charge is 2.52. The molecule has 3 aromatic rings. The first kappa shape index (κ1) is 29.8. The van der Waals surface area contributed by atoms with Gasteiger partial charge in [0.25, 0.3) is 5.91 Å². The number of rotatable bonds is 4. The molecular weight excluding hydrogens is 562 g/mol. The monoisotopic (exact) mass is 585 g/mol. The highest BCUT2D eigenvalue weighted by molar-refractivity contribution is 5.97. The molecule has 218 valence electrons. The van der Waals surface area contributed by atoms with E-state index in [4.69, 9.17) is 5.73 Å². The molecule has 1 fully saturated rings. The molecule has 0 aromatic heterocycles. The molecule has 3 aromatic carbocycles. The van der Waals surface area contributed by atoms with Gasteiger partial charge in [-0.15, -0.1) is 0 Å². The minimum absolute atomic E-state index is 0.130. The highest BCUT2D eigenvalue weighted by atomic mass is 19.4. The van der Waals surface area contributed by atoms with E-state index in [1.807, 2.05) is 0 Å². The van der Waals surface area contributed by atoms with Crippen molar-refractivity contribution in [1.29, 1.82) is 0 Å². The molecule has 41 heavy (non-hydrogen) atoms. The molecule has 13 heteroatoms. The van der Waals surface area contributed by atoms with Crippen LogP contribution in [0.1, 0.15) is 39.5 Å². The molecule has 0 unspecified atom stereocenters. The molecular formula is C28H23F8N3O2. The van der Waals surface area contributed by atoms with Crippen LogP contribution in [0.3, 0.4) is 0 Å². The third-order valence-corrected chi connectivity index (χ3v) is 7.00. The molecule has 3 N–H and O–H groups in total. The zero-order chi connectivity index (χ0) is 30.3. The number of benzene rings is 3. The number of carbonyl (C=O) groups excluding carboxylic acids is 2. The van der Waals surface area contributed by atoms with E-state index in [2.05, 4.69) is 5.32 Å². The number of alkyl halides is 6. The van der Waals surface area contributed by atoms with Gasteiger partial charge in [0.15, 0.2) is 0 Å². The van der Waals surface area contributed by atoms with Gasteiger partial charge in [0, 0.05) is 17.9 Å². The van der Waals surface area contributed by atoms with Crippen molar-refractivity contribution in [3.05, 3.63) is 94.6 Å². The Kier molecular flexibility index (Phi) is 8.01. The SMILES string of the molecule is Cc1ccc(NC(=O)[C@H]2C[C@@H](C(F)(F)F)CN(C(=O)c3c(F)cccc3F)[C@H]2c2ccc(N)cc2)cc1C(F)(F)F. The molecule has 3 atom stereocenters. The van der Waals surface area contributed by atoms with Crippen LogP contribution in [0, 0.1) is 30.4 Å². The zero-order valence-electron chi connectivity index (χ0n) is 21.3. The second-order valence-electron chi connectivity index (χ2n) is 9.76. The van der Waals surface area contributed by atoms with Crippen LogP contribution in [0.5, 0.6) is 0 Å². The molecule has 1 saturated heterocycles. The third kappa shape index (κ3) is 6.28. The number of nitrogens with zero attached hydrogens (tertiary/aromatic N) is 1. The molecule has 0 aliphatic carbocycles. The number of nitrogen functional groups attached to an aromatic ring is 1. The normalized spacial score (nSPS) is 19.6. The minimum atomic E-state index is -4.93. The number of nitrogens with two attached hydrogens (primary N) is 1. The van der Waals surface area contributed by atoms with Gasteiger partial charge in [0.05, 0.1) is 23.4 Å². The molecule has 1 aliphatic heterocycles. The first-order chi connectivity index (χ1) is 19.1. The van der Waals surface area contributed by atoms with Gasteiger partial charge in [-0.05, 0) is 60.9 Å². The maximum absolute atomic E-state index is 14.6.